The quantitative estimate of drug-likeness (QED) is 0.172. The summed E-state index contributed by atoms with van der Waals surface area (Å²) in [6.07, 6.45) is 1.98. The minimum Gasteiger partial charge on any atom is -0.493 e. The van der Waals surface area contributed by atoms with Gasteiger partial charge >= 0.3 is 17.8 Å². The Balaban J connectivity index is 0.000000541. The number of H-pyrrole nitrogens is 1. The third kappa shape index (κ3) is 7.27. The van der Waals surface area contributed by atoms with Crippen molar-refractivity contribution in [2.24, 2.45) is 11.5 Å². The summed E-state index contributed by atoms with van der Waals surface area (Å²) in [5.41, 5.74) is 14.9. The van der Waals surface area contributed by atoms with E-state index in [0.717, 1.165) is 35.4 Å². The average Bonchev–Trinajstić information content (AvgIpc) is 3.36. The lowest BCUT2D eigenvalue weighted by molar-refractivity contribution is -0.192. The minimum atomic E-state index is -5.08. The number of nitrogens with zero attached hydrogens (tertiary/aromatic N) is 3. The first-order valence-electron chi connectivity index (χ1n) is 12.8. The molecule has 2 aliphatic rings. The number of carboxylic acids is 1. The molecule has 0 bridgehead atoms. The van der Waals surface area contributed by atoms with Gasteiger partial charge in [-0.15, -0.1) is 9.89 Å². The number of halogens is 3. The number of methoxy groups -OCH3 is 1. The van der Waals surface area contributed by atoms with Crippen LogP contribution in [0.3, 0.4) is 0 Å². The monoisotopic (exact) mass is 602 g/mol. The number of nitrogens with one attached hydrogen (secondary N) is 3. The molecule has 16 heteroatoms. The molecular formula is C27H29F3N8O5. The van der Waals surface area contributed by atoms with Gasteiger partial charge < -0.3 is 31.4 Å². The van der Waals surface area contributed by atoms with Gasteiger partial charge in [-0.1, -0.05) is 6.08 Å². The molecule has 0 saturated heterocycles. The highest BCUT2D eigenvalue weighted by atomic mass is 19.4. The molecule has 13 nitrogen and oxygen atoms in total. The number of aromatic amines is 1. The maximum atomic E-state index is 12.9. The summed E-state index contributed by atoms with van der Waals surface area (Å²) in [6, 6.07) is 10.6. The number of carbonyl (C=O) groups is 1. The van der Waals surface area contributed by atoms with Crippen molar-refractivity contribution >= 4 is 17.5 Å². The Kier molecular flexibility index (Phi) is 8.97. The van der Waals surface area contributed by atoms with E-state index in [1.165, 1.54) is 4.79 Å². The van der Waals surface area contributed by atoms with Crippen LogP contribution in [0.2, 0.25) is 0 Å². The Labute approximate surface area is 242 Å². The Morgan fingerprint density at radius 3 is 2.58 bits per heavy atom. The number of allylic oxidation sites excluding steroid dienone is 1. The summed E-state index contributed by atoms with van der Waals surface area (Å²) in [7, 11) is 1.61. The van der Waals surface area contributed by atoms with Gasteiger partial charge in [0, 0.05) is 23.1 Å². The van der Waals surface area contributed by atoms with Crippen LogP contribution in [0.4, 0.5) is 18.9 Å². The van der Waals surface area contributed by atoms with Crippen molar-refractivity contribution in [2.45, 2.75) is 25.1 Å². The number of fused-ring (bicyclic) bond motifs is 1. The van der Waals surface area contributed by atoms with Crippen LogP contribution in [-0.4, -0.2) is 58.2 Å². The molecule has 0 aliphatic carbocycles. The molecule has 0 saturated carbocycles. The first-order chi connectivity index (χ1) is 20.4. The summed E-state index contributed by atoms with van der Waals surface area (Å²) < 4.78 is 43.2. The molecule has 1 unspecified atom stereocenters. The minimum absolute atomic E-state index is 0.0106. The second-order valence-electron chi connectivity index (χ2n) is 9.39. The molecule has 0 amide bonds. The van der Waals surface area contributed by atoms with E-state index in [0.29, 0.717) is 36.0 Å². The zero-order chi connectivity index (χ0) is 31.3. The molecule has 3 aromatic rings. The van der Waals surface area contributed by atoms with Crippen molar-refractivity contribution < 1.29 is 32.5 Å². The topological polar surface area (TPSA) is 198 Å². The van der Waals surface area contributed by atoms with E-state index in [9.17, 15) is 18.0 Å². The normalized spacial score (nSPS) is 14.8. The summed E-state index contributed by atoms with van der Waals surface area (Å²) in [5.74, 6) is -0.983. The fourth-order valence-electron chi connectivity index (χ4n) is 4.34. The van der Waals surface area contributed by atoms with Crippen molar-refractivity contribution in [3.05, 3.63) is 93.4 Å². The molecule has 1 atom stereocenters. The van der Waals surface area contributed by atoms with Crippen molar-refractivity contribution in [1.82, 2.24) is 14.9 Å². The summed E-state index contributed by atoms with van der Waals surface area (Å²) in [5, 5.41) is 24.5. The molecular weight excluding hydrogens is 573 g/mol. The molecule has 0 spiro atoms. The van der Waals surface area contributed by atoms with Crippen LogP contribution in [0, 0.1) is 5.41 Å². The second kappa shape index (κ2) is 12.6. The largest absolute Gasteiger partial charge is 0.493 e. The molecule has 43 heavy (non-hydrogen) atoms. The summed E-state index contributed by atoms with van der Waals surface area (Å²) in [4.78, 5) is 26.0. The van der Waals surface area contributed by atoms with Gasteiger partial charge in [-0.05, 0) is 66.4 Å². The smallest absolute Gasteiger partial charge is 0.490 e. The molecule has 228 valence electrons. The number of carboxylic acid groups (broad SMARTS) is 1. The zero-order valence-electron chi connectivity index (χ0n) is 22.8. The number of amidine groups is 1. The van der Waals surface area contributed by atoms with E-state index in [2.05, 4.69) is 21.5 Å². The number of aromatic nitrogens is 3. The number of hydrogen-bond donors (Lipinski definition) is 6. The van der Waals surface area contributed by atoms with E-state index in [-0.39, 0.29) is 5.84 Å². The van der Waals surface area contributed by atoms with E-state index >= 15 is 0 Å². The lowest BCUT2D eigenvalue weighted by Crippen LogP contribution is -2.40. The van der Waals surface area contributed by atoms with Crippen LogP contribution < -0.4 is 37.0 Å². The van der Waals surface area contributed by atoms with Crippen LogP contribution in [0.15, 0.2) is 65.2 Å². The molecule has 1 aromatic heterocycles. The molecule has 8 N–H and O–H groups in total. The van der Waals surface area contributed by atoms with Crippen molar-refractivity contribution in [1.29, 1.82) is 5.41 Å². The highest BCUT2D eigenvalue weighted by Gasteiger charge is 2.38. The summed E-state index contributed by atoms with van der Waals surface area (Å²) in [6.45, 7) is 1.10. The number of anilines is 1. The van der Waals surface area contributed by atoms with Gasteiger partial charge in [-0.2, -0.15) is 13.2 Å². The van der Waals surface area contributed by atoms with E-state index in [1.807, 2.05) is 24.3 Å². The fourth-order valence-corrected chi connectivity index (χ4v) is 4.34. The number of aryl methyl sites for hydroxylation is 1. The fraction of sp³-hybridized carbons (Fsp3) is 0.259. The van der Waals surface area contributed by atoms with Crippen LogP contribution in [0.25, 0.3) is 0 Å². The average molecular weight is 603 g/mol. The Morgan fingerprint density at radius 2 is 1.98 bits per heavy atom. The highest BCUT2D eigenvalue weighted by molar-refractivity contribution is 5.95. The Bertz CT molecular complexity index is 1590. The number of ether oxygens (including phenoxy) is 2. The van der Waals surface area contributed by atoms with Gasteiger partial charge in [0.25, 0.3) is 0 Å². The predicted octanol–water partition coefficient (Wildman–Crippen LogP) is 2.33. The molecule has 2 aromatic carbocycles. The van der Waals surface area contributed by atoms with Gasteiger partial charge in [-0.3, -0.25) is 15.4 Å². The second-order valence-corrected chi connectivity index (χ2v) is 9.39. The van der Waals surface area contributed by atoms with Crippen molar-refractivity contribution in [3.8, 4) is 11.5 Å². The lowest BCUT2D eigenvalue weighted by atomic mass is 9.97. The SMILES string of the molecule is COc1cc(C(Nc2ccc(C(=N)N)cc2)c2nn(N3C=C(N)C=CC3)c(=O)[nH]2)cc2c1OCCC2.O=C(O)C(F)(F)F. The molecule has 5 rings (SSSR count). The number of hydrogen-bond acceptors (Lipinski definition) is 9. The van der Waals surface area contributed by atoms with Crippen LogP contribution in [0.5, 0.6) is 11.5 Å². The van der Waals surface area contributed by atoms with Gasteiger partial charge in [0.05, 0.1) is 20.3 Å². The van der Waals surface area contributed by atoms with Crippen molar-refractivity contribution in [3.63, 3.8) is 0 Å². The standard InChI is InChI=1S/C25H28N8O3.C2HF3O2/c1-35-20-13-17(12-16-4-3-11-36-22(16)20)21(29-19-8-6-15(7-9-19)23(27)28)24-30-25(34)33(31-24)32-10-2-5-18(26)14-32;3-2(4,5)1(6)7/h2,5-9,12-14,21,29H,3-4,10-11,26H2,1H3,(H3,27,28)(H,30,31,34);(H,6,7). The molecule has 3 heterocycles. The number of alkyl halides is 3. The maximum absolute atomic E-state index is 12.9. The molecule has 0 radical (unpaired) electrons. The van der Waals surface area contributed by atoms with Gasteiger partial charge in [0.2, 0.25) is 0 Å². The number of benzene rings is 2. The van der Waals surface area contributed by atoms with Crippen LogP contribution in [-0.2, 0) is 11.2 Å². The number of rotatable bonds is 7. The first kappa shape index (κ1) is 30.5. The maximum Gasteiger partial charge on any atom is 0.490 e. The van der Waals surface area contributed by atoms with E-state index in [4.69, 9.17) is 36.3 Å². The predicted molar refractivity (Wildman–Crippen MR) is 151 cm³/mol. The first-order valence-corrected chi connectivity index (χ1v) is 12.8. The van der Waals surface area contributed by atoms with E-state index < -0.39 is 23.9 Å². The number of aliphatic carboxylic acids is 1. The third-order valence-electron chi connectivity index (χ3n) is 6.33. The van der Waals surface area contributed by atoms with Crippen LogP contribution in [0.1, 0.15) is 35.0 Å². The van der Waals surface area contributed by atoms with Gasteiger partial charge in [0.15, 0.2) is 17.3 Å². The number of nitrogens with two attached hydrogens (primary N) is 2. The lowest BCUT2D eigenvalue weighted by Gasteiger charge is -2.24. The Morgan fingerprint density at radius 1 is 1.28 bits per heavy atom. The zero-order valence-corrected chi connectivity index (χ0v) is 22.8. The van der Waals surface area contributed by atoms with Gasteiger partial charge in [-0.25, -0.2) is 9.59 Å². The van der Waals surface area contributed by atoms with Crippen LogP contribution >= 0.6 is 0 Å². The van der Waals surface area contributed by atoms with Crippen molar-refractivity contribution in [2.75, 3.05) is 30.6 Å². The Hall–Kier alpha value is -5.41. The third-order valence-corrected chi connectivity index (χ3v) is 6.33. The summed E-state index contributed by atoms with van der Waals surface area (Å²) >= 11 is 0. The molecule has 2 aliphatic heterocycles. The highest BCUT2D eigenvalue weighted by Crippen LogP contribution is 2.39. The molecule has 0 fully saturated rings. The number of nitrogen functional groups attached to an aromatic ring is 1. The van der Waals surface area contributed by atoms with E-state index in [1.54, 1.807) is 36.5 Å². The van der Waals surface area contributed by atoms with Gasteiger partial charge in [0.1, 0.15) is 11.9 Å².